The number of nitrogens with one attached hydrogen (secondary N) is 1. The molecule has 92 valence electrons. The van der Waals surface area contributed by atoms with Gasteiger partial charge in [-0.1, -0.05) is 12.8 Å². The third kappa shape index (κ3) is 2.87. The number of hydrogen-bond acceptors (Lipinski definition) is 3. The maximum absolute atomic E-state index is 13.5. The molecule has 0 heterocycles. The molecule has 1 aliphatic rings. The molecular formula is C12H16FN3O. The molecule has 17 heavy (non-hydrogen) atoms. The summed E-state index contributed by atoms with van der Waals surface area (Å²) in [6.07, 6.45) is 3.55. The maximum Gasteiger partial charge on any atom is 0.250 e. The van der Waals surface area contributed by atoms with Gasteiger partial charge in [0, 0.05) is 12.2 Å². The summed E-state index contributed by atoms with van der Waals surface area (Å²) in [5, 5.41) is 2.97. The van der Waals surface area contributed by atoms with E-state index in [4.69, 9.17) is 11.5 Å². The summed E-state index contributed by atoms with van der Waals surface area (Å²) in [7, 11) is 0. The maximum atomic E-state index is 13.5. The van der Waals surface area contributed by atoms with Gasteiger partial charge in [0.2, 0.25) is 0 Å². The highest BCUT2D eigenvalue weighted by atomic mass is 19.1. The van der Waals surface area contributed by atoms with Crippen LogP contribution in [0.25, 0.3) is 0 Å². The minimum Gasteiger partial charge on any atom is -0.398 e. The molecule has 0 aromatic heterocycles. The average molecular weight is 237 g/mol. The number of nitrogens with two attached hydrogens (primary N) is 2. The van der Waals surface area contributed by atoms with Crippen LogP contribution in [0.2, 0.25) is 0 Å². The van der Waals surface area contributed by atoms with Crippen LogP contribution in [-0.4, -0.2) is 12.5 Å². The summed E-state index contributed by atoms with van der Waals surface area (Å²) >= 11 is 0. The standard InChI is InChI=1S/C12H16FN3O/c13-9-6-10(14)8(12(15)17)5-11(9)16-4-3-7-1-2-7/h5-7,16H,1-4,14H2,(H2,15,17). The molecule has 0 saturated heterocycles. The van der Waals surface area contributed by atoms with Crippen LogP contribution in [0, 0.1) is 11.7 Å². The van der Waals surface area contributed by atoms with Crippen LogP contribution in [0.15, 0.2) is 12.1 Å². The normalized spacial score (nSPS) is 14.6. The number of rotatable bonds is 5. The summed E-state index contributed by atoms with van der Waals surface area (Å²) < 4.78 is 13.5. The molecule has 5 heteroatoms. The van der Waals surface area contributed by atoms with E-state index in [9.17, 15) is 9.18 Å². The van der Waals surface area contributed by atoms with Crippen LogP contribution in [-0.2, 0) is 0 Å². The van der Waals surface area contributed by atoms with Gasteiger partial charge in [-0.3, -0.25) is 4.79 Å². The van der Waals surface area contributed by atoms with Crippen molar-refractivity contribution in [1.82, 2.24) is 0 Å². The van der Waals surface area contributed by atoms with Gasteiger partial charge in [0.15, 0.2) is 0 Å². The Bertz CT molecular complexity index is 444. The first kappa shape index (κ1) is 11.7. The lowest BCUT2D eigenvalue weighted by atomic mass is 10.1. The zero-order valence-corrected chi connectivity index (χ0v) is 9.50. The van der Waals surface area contributed by atoms with E-state index < -0.39 is 11.7 Å². The number of benzene rings is 1. The fourth-order valence-electron chi connectivity index (χ4n) is 1.75. The van der Waals surface area contributed by atoms with Gasteiger partial charge in [0.25, 0.3) is 5.91 Å². The summed E-state index contributed by atoms with van der Waals surface area (Å²) in [6.45, 7) is 0.698. The average Bonchev–Trinajstić information content (AvgIpc) is 3.04. The number of amides is 1. The van der Waals surface area contributed by atoms with E-state index in [1.54, 1.807) is 0 Å². The fourth-order valence-corrected chi connectivity index (χ4v) is 1.75. The smallest absolute Gasteiger partial charge is 0.250 e. The Hall–Kier alpha value is -1.78. The fraction of sp³-hybridized carbons (Fsp3) is 0.417. The minimum atomic E-state index is -0.646. The highest BCUT2D eigenvalue weighted by Crippen LogP contribution is 2.32. The second-order valence-electron chi connectivity index (χ2n) is 4.44. The number of carbonyl (C=O) groups is 1. The van der Waals surface area contributed by atoms with Crippen LogP contribution in [0.5, 0.6) is 0 Å². The molecule has 4 nitrogen and oxygen atoms in total. The molecule has 0 bridgehead atoms. The van der Waals surface area contributed by atoms with Crippen LogP contribution >= 0.6 is 0 Å². The number of anilines is 2. The lowest BCUT2D eigenvalue weighted by Gasteiger charge is -2.10. The molecular weight excluding hydrogens is 221 g/mol. The third-order valence-electron chi connectivity index (χ3n) is 2.97. The van der Waals surface area contributed by atoms with Crippen molar-refractivity contribution in [1.29, 1.82) is 0 Å². The van der Waals surface area contributed by atoms with E-state index in [2.05, 4.69) is 5.32 Å². The van der Waals surface area contributed by atoms with Crippen molar-refractivity contribution < 1.29 is 9.18 Å². The van der Waals surface area contributed by atoms with E-state index >= 15 is 0 Å². The molecule has 1 aromatic rings. The second-order valence-corrected chi connectivity index (χ2v) is 4.44. The predicted molar refractivity (Wildman–Crippen MR) is 65.2 cm³/mol. The van der Waals surface area contributed by atoms with Gasteiger partial charge in [0.1, 0.15) is 5.82 Å². The zero-order valence-electron chi connectivity index (χ0n) is 9.50. The summed E-state index contributed by atoms with van der Waals surface area (Å²) in [4.78, 5) is 11.1. The van der Waals surface area contributed by atoms with Gasteiger partial charge in [-0.05, 0) is 24.5 Å². The number of primary amides is 1. The number of hydrogen-bond donors (Lipinski definition) is 3. The van der Waals surface area contributed by atoms with E-state index in [0.29, 0.717) is 6.54 Å². The van der Waals surface area contributed by atoms with Crippen molar-refractivity contribution in [3.63, 3.8) is 0 Å². The lowest BCUT2D eigenvalue weighted by molar-refractivity contribution is 0.100. The largest absolute Gasteiger partial charge is 0.398 e. The molecule has 0 spiro atoms. The molecule has 1 saturated carbocycles. The molecule has 0 radical (unpaired) electrons. The molecule has 0 unspecified atom stereocenters. The molecule has 1 amide bonds. The Labute approximate surface area is 99.2 Å². The van der Waals surface area contributed by atoms with Crippen molar-refractivity contribution in [2.45, 2.75) is 19.3 Å². The third-order valence-corrected chi connectivity index (χ3v) is 2.97. The van der Waals surface area contributed by atoms with Gasteiger partial charge >= 0.3 is 0 Å². The number of carbonyl (C=O) groups excluding carboxylic acids is 1. The predicted octanol–water partition coefficient (Wildman–Crippen LogP) is 1.72. The molecule has 0 aliphatic heterocycles. The molecule has 2 rings (SSSR count). The van der Waals surface area contributed by atoms with Crippen molar-refractivity contribution in [3.8, 4) is 0 Å². The Morgan fingerprint density at radius 2 is 2.18 bits per heavy atom. The van der Waals surface area contributed by atoms with Crippen molar-refractivity contribution >= 4 is 17.3 Å². The SMILES string of the molecule is NC(=O)c1cc(NCCC2CC2)c(F)cc1N. The Kier molecular flexibility index (Phi) is 3.17. The van der Waals surface area contributed by atoms with E-state index in [1.807, 2.05) is 0 Å². The van der Waals surface area contributed by atoms with Crippen molar-refractivity contribution in [2.75, 3.05) is 17.6 Å². The minimum absolute atomic E-state index is 0.0720. The molecule has 1 aromatic carbocycles. The highest BCUT2D eigenvalue weighted by Gasteiger charge is 2.20. The lowest BCUT2D eigenvalue weighted by Crippen LogP contribution is -2.15. The molecule has 1 fully saturated rings. The van der Waals surface area contributed by atoms with Gasteiger partial charge in [-0.25, -0.2) is 4.39 Å². The first-order chi connectivity index (χ1) is 8.08. The first-order valence-electron chi connectivity index (χ1n) is 5.70. The first-order valence-corrected chi connectivity index (χ1v) is 5.70. The van der Waals surface area contributed by atoms with Crippen LogP contribution in [0.3, 0.4) is 0 Å². The van der Waals surface area contributed by atoms with Gasteiger partial charge in [-0.2, -0.15) is 0 Å². The van der Waals surface area contributed by atoms with Crippen LogP contribution in [0.1, 0.15) is 29.6 Å². The van der Waals surface area contributed by atoms with E-state index in [1.165, 1.54) is 18.9 Å². The van der Waals surface area contributed by atoms with Gasteiger partial charge in [0.05, 0.1) is 11.3 Å². The summed E-state index contributed by atoms with van der Waals surface area (Å²) in [5.41, 5.74) is 11.2. The number of nitrogen functional groups attached to an aromatic ring is 1. The Balaban J connectivity index is 2.08. The zero-order chi connectivity index (χ0) is 12.4. The Morgan fingerprint density at radius 3 is 2.76 bits per heavy atom. The van der Waals surface area contributed by atoms with Crippen molar-refractivity contribution in [2.24, 2.45) is 11.7 Å². The van der Waals surface area contributed by atoms with Gasteiger partial charge in [-0.15, -0.1) is 0 Å². The highest BCUT2D eigenvalue weighted by molar-refractivity contribution is 5.99. The topological polar surface area (TPSA) is 81.1 Å². The Morgan fingerprint density at radius 1 is 1.47 bits per heavy atom. The molecule has 1 aliphatic carbocycles. The molecule has 5 N–H and O–H groups in total. The number of halogens is 1. The van der Waals surface area contributed by atoms with Crippen molar-refractivity contribution in [3.05, 3.63) is 23.5 Å². The van der Waals surface area contributed by atoms with Crippen LogP contribution in [0.4, 0.5) is 15.8 Å². The summed E-state index contributed by atoms with van der Waals surface area (Å²) in [6, 6.07) is 2.50. The summed E-state index contributed by atoms with van der Waals surface area (Å²) in [5.74, 6) is -0.328. The van der Waals surface area contributed by atoms with Crippen LogP contribution < -0.4 is 16.8 Å². The van der Waals surface area contributed by atoms with E-state index in [-0.39, 0.29) is 16.9 Å². The van der Waals surface area contributed by atoms with E-state index in [0.717, 1.165) is 18.4 Å². The quantitative estimate of drug-likeness (QED) is 0.682. The van der Waals surface area contributed by atoms with Gasteiger partial charge < -0.3 is 16.8 Å². The monoisotopic (exact) mass is 237 g/mol. The molecule has 0 atom stereocenters. The second kappa shape index (κ2) is 4.61.